The molecule has 0 amide bonds. The van der Waals surface area contributed by atoms with E-state index in [1.807, 2.05) is 6.92 Å². The third-order valence-corrected chi connectivity index (χ3v) is 24.8. The molecule has 6 aliphatic heterocycles. The van der Waals surface area contributed by atoms with E-state index in [1.54, 1.807) is 6.92 Å². The molecule has 10 fully saturated rings. The van der Waals surface area contributed by atoms with Crippen LogP contribution in [0.3, 0.4) is 0 Å². The first-order valence-corrected chi connectivity index (χ1v) is 33.7. The summed E-state index contributed by atoms with van der Waals surface area (Å²) in [6, 6.07) is 0. The van der Waals surface area contributed by atoms with Crippen LogP contribution in [0.4, 0.5) is 0 Å². The van der Waals surface area contributed by atoms with Crippen LogP contribution in [0.1, 0.15) is 107 Å². The fraction of sp³-hybridized carbons (Fsp3) is 0.953. The van der Waals surface area contributed by atoms with Crippen molar-refractivity contribution < 1.29 is 159 Å². The van der Waals surface area contributed by atoms with Crippen LogP contribution in [0.2, 0.25) is 0 Å². The van der Waals surface area contributed by atoms with E-state index in [0.717, 1.165) is 5.57 Å². The number of aliphatic hydroxyl groups excluding tert-OH is 19. The Kier molecular flexibility index (Phi) is 21.8. The van der Waals surface area contributed by atoms with E-state index in [-0.39, 0.29) is 24.2 Å². The van der Waals surface area contributed by atoms with Crippen molar-refractivity contribution in [2.45, 2.75) is 297 Å². The largest absolute Gasteiger partial charge is 0.432 e. The molecule has 19 N–H and O–H groups in total. The predicted octanol–water partition coefficient (Wildman–Crippen LogP) is -6.14. The van der Waals surface area contributed by atoms with Gasteiger partial charge >= 0.3 is 5.97 Å². The van der Waals surface area contributed by atoms with Gasteiger partial charge in [-0.15, -0.1) is 0 Å². The number of carbonyl (C=O) groups is 1. The summed E-state index contributed by atoms with van der Waals surface area (Å²) in [7, 11) is 0. The molecular weight excluding hydrogens is 1280 g/mol. The monoisotopic (exact) mass is 1380 g/mol. The maximum Gasteiger partial charge on any atom is 0.315 e. The molecule has 0 bridgehead atoms. The molecule has 4 saturated carbocycles. The molecule has 0 spiro atoms. The highest BCUT2D eigenvalue weighted by Gasteiger charge is 2.74. The van der Waals surface area contributed by atoms with Crippen LogP contribution in [-0.4, -0.2) is 326 Å². The van der Waals surface area contributed by atoms with Crippen LogP contribution in [0, 0.1) is 50.2 Å². The lowest BCUT2D eigenvalue weighted by atomic mass is 9.33. The van der Waals surface area contributed by atoms with Crippen molar-refractivity contribution in [2.75, 3.05) is 33.0 Å². The number of ether oxygens (including phenoxy) is 12. The molecule has 0 unspecified atom stereocenters. The van der Waals surface area contributed by atoms with Gasteiger partial charge in [-0.3, -0.25) is 4.79 Å². The summed E-state index contributed by atoms with van der Waals surface area (Å²) in [6.07, 6.45) is -46.3. The number of hydrogen-bond acceptors (Lipinski definition) is 32. The number of rotatable bonds is 15. The van der Waals surface area contributed by atoms with E-state index in [1.165, 1.54) is 13.8 Å². The van der Waals surface area contributed by atoms with Gasteiger partial charge in [-0.2, -0.15) is 0 Å². The summed E-state index contributed by atoms with van der Waals surface area (Å²) in [4.78, 5) is 15.5. The van der Waals surface area contributed by atoms with Gasteiger partial charge in [-0.25, -0.2) is 0 Å². The fourth-order valence-electron chi connectivity index (χ4n) is 19.1. The summed E-state index contributed by atoms with van der Waals surface area (Å²) in [5.74, 6) is -2.04. The zero-order chi connectivity index (χ0) is 70.2. The second-order valence-electron chi connectivity index (χ2n) is 31.1. The lowest BCUT2D eigenvalue weighted by Crippen LogP contribution is -2.72. The molecule has 0 radical (unpaired) electrons. The molecule has 0 aromatic rings. The van der Waals surface area contributed by atoms with Crippen molar-refractivity contribution in [1.29, 1.82) is 0 Å². The van der Waals surface area contributed by atoms with E-state index < -0.39 is 268 Å². The fourth-order valence-corrected chi connectivity index (χ4v) is 19.1. The maximum absolute atomic E-state index is 15.5. The predicted molar refractivity (Wildman–Crippen MR) is 317 cm³/mol. The first-order valence-electron chi connectivity index (χ1n) is 33.7. The van der Waals surface area contributed by atoms with Gasteiger partial charge in [0.1, 0.15) is 116 Å². The highest BCUT2D eigenvalue weighted by molar-refractivity contribution is 5.79. The number of aliphatic hydroxyl groups is 19. The second kappa shape index (κ2) is 27.9. The van der Waals surface area contributed by atoms with Gasteiger partial charge in [0.05, 0.1) is 69.0 Å². The lowest BCUT2D eigenvalue weighted by molar-refractivity contribution is -0.389. The van der Waals surface area contributed by atoms with Gasteiger partial charge in [0.2, 0.25) is 6.29 Å². The van der Waals surface area contributed by atoms with Crippen LogP contribution in [0.5, 0.6) is 0 Å². The zero-order valence-corrected chi connectivity index (χ0v) is 55.2. The summed E-state index contributed by atoms with van der Waals surface area (Å²) < 4.78 is 71.6. The van der Waals surface area contributed by atoms with Crippen LogP contribution in [0.25, 0.3) is 0 Å². The number of fused-ring (bicyclic) bond motifs is 7. The minimum absolute atomic E-state index is 0.0812. The molecule has 32 nitrogen and oxygen atoms in total. The van der Waals surface area contributed by atoms with Crippen molar-refractivity contribution >= 4 is 5.97 Å². The molecule has 6 saturated heterocycles. The van der Waals surface area contributed by atoms with Crippen molar-refractivity contribution in [3.63, 3.8) is 0 Å². The standard InChI is InChI=1S/C64H104O32/c1-23-34(71)38(75)42(79)53(87-23)93-48-32(91-55-43(80)39(76)36(73)30(18-65)89-55)21-86-52(46(48)83)92-47-24(2)88-54(45(82)41(47)78)94-49-35(72)29(70)20-85-57(49)96-58(84)64-13-11-59(3,4)15-26(64)25-9-10-33-60(5)16-28(69)51(95-56-44(81)40(77)37(74)31(19-66)90-56)61(6,22-67)50(60)27(68)17-63(33,8)62(25,7)12-14-64/h9,23-24,26-57,65-83H,10-22H2,1-8H3/t23-,24-,26-,27+,28-,29-,30+,31+,32+,33+,34-,35-,36+,37+,38+,39-,40-,41-,42+,43+,44+,45+,46+,47-,48-,49+,50+,51-,52-,53-,54-,55-,56-,57-,60+,61-,62+,63+,64-/m0/s1. The first kappa shape index (κ1) is 75.2. The van der Waals surface area contributed by atoms with E-state index in [4.69, 9.17) is 56.8 Å². The third-order valence-electron chi connectivity index (χ3n) is 24.8. The van der Waals surface area contributed by atoms with Crippen molar-refractivity contribution in [3.8, 4) is 0 Å². The second-order valence-corrected chi connectivity index (χ2v) is 31.1. The molecule has 0 aromatic carbocycles. The van der Waals surface area contributed by atoms with Crippen LogP contribution < -0.4 is 0 Å². The minimum atomic E-state index is -2.05. The Morgan fingerprint density at radius 3 is 1.62 bits per heavy atom. The number of esters is 1. The topological polar surface area (TPSA) is 512 Å². The molecular formula is C64H104O32. The van der Waals surface area contributed by atoms with Crippen LogP contribution >= 0.6 is 0 Å². The quantitative estimate of drug-likeness (QED) is 0.0412. The number of allylic oxidation sites excluding steroid dienone is 2. The molecule has 11 aliphatic rings. The van der Waals surface area contributed by atoms with Crippen LogP contribution in [-0.2, 0) is 61.6 Å². The van der Waals surface area contributed by atoms with Gasteiger partial charge in [0.15, 0.2) is 37.6 Å². The average Bonchev–Trinajstić information content (AvgIpc) is 0.669. The Hall–Kier alpha value is -1.99. The van der Waals surface area contributed by atoms with E-state index in [0.29, 0.717) is 38.5 Å². The molecule has 96 heavy (non-hydrogen) atoms. The Bertz CT molecular complexity index is 2710. The summed E-state index contributed by atoms with van der Waals surface area (Å²) in [6.45, 7) is 11.8. The molecule has 0 aromatic heterocycles. The Balaban J connectivity index is 0.795. The first-order chi connectivity index (χ1) is 45.0. The minimum Gasteiger partial charge on any atom is -0.432 e. The van der Waals surface area contributed by atoms with Crippen molar-refractivity contribution in [3.05, 3.63) is 11.6 Å². The van der Waals surface area contributed by atoms with E-state index >= 15 is 4.79 Å². The van der Waals surface area contributed by atoms with E-state index in [2.05, 4.69) is 33.8 Å². The van der Waals surface area contributed by atoms with Gasteiger partial charge in [-0.05, 0) is 98.7 Å². The zero-order valence-electron chi connectivity index (χ0n) is 55.2. The van der Waals surface area contributed by atoms with Crippen molar-refractivity contribution in [2.24, 2.45) is 50.2 Å². The molecule has 39 atom stereocenters. The normalized spacial score (nSPS) is 55.9. The molecule has 11 rings (SSSR count). The third kappa shape index (κ3) is 12.6. The maximum atomic E-state index is 15.5. The molecule has 32 heteroatoms. The average molecular weight is 1390 g/mol. The Morgan fingerprint density at radius 1 is 0.490 bits per heavy atom. The van der Waals surface area contributed by atoms with Crippen molar-refractivity contribution in [1.82, 2.24) is 0 Å². The van der Waals surface area contributed by atoms with Crippen LogP contribution in [0.15, 0.2) is 11.6 Å². The Labute approximate surface area is 555 Å². The highest BCUT2D eigenvalue weighted by atomic mass is 16.8. The summed E-state index contributed by atoms with van der Waals surface area (Å²) >= 11 is 0. The van der Waals surface area contributed by atoms with Gasteiger partial charge < -0.3 is 154 Å². The molecule has 552 valence electrons. The smallest absolute Gasteiger partial charge is 0.315 e. The van der Waals surface area contributed by atoms with Gasteiger partial charge in [0, 0.05) is 11.3 Å². The molecule has 6 heterocycles. The number of hydrogen-bond donors (Lipinski definition) is 19. The number of carbonyl (C=O) groups excluding carboxylic acids is 1. The lowest BCUT2D eigenvalue weighted by Gasteiger charge is -2.72. The Morgan fingerprint density at radius 2 is 1.02 bits per heavy atom. The molecule has 5 aliphatic carbocycles. The van der Waals surface area contributed by atoms with Gasteiger partial charge in [0.25, 0.3) is 0 Å². The highest BCUT2D eigenvalue weighted by Crippen LogP contribution is 2.76. The summed E-state index contributed by atoms with van der Waals surface area (Å²) in [5, 5.41) is 210. The summed E-state index contributed by atoms with van der Waals surface area (Å²) in [5.41, 5.74) is -4.08. The van der Waals surface area contributed by atoms with E-state index in [9.17, 15) is 97.0 Å². The SMILES string of the molecule is C[C@@H]1O[C@@H](O[C@@H]2[C@@H](O)[C@H](O[C@@H]3[C@@H](O)[C@@H](O)[C@H](O[C@H]4[C@H](OC(=O)[C@]56CCC(C)(C)C[C@H]5C5=CC[C@@H]7[C@@]8(C)C[C@H](O)[C@H](O[C@@H]9O[C@H](CO)[C@@H](O)[C@H](O)[C@H]9O)[C@@](C)(CO)[C@@H]8[C@H](O)C[C@@]7(C)[C@]5(C)CC6)OC[C@H](O)[C@@H]4O)O[C@H]3C)OC[C@H]2O[C@@H]2O[C@H](CO)[C@@H](O)[C@H](O)[C@H]2O)[C@H](O)[C@H](O)[C@H]1O. The van der Waals surface area contributed by atoms with Gasteiger partial charge in [-0.1, -0.05) is 53.2 Å².